The molecule has 6 heteroatoms. The van der Waals surface area contributed by atoms with Crippen LogP contribution in [0.3, 0.4) is 0 Å². The molecule has 3 aromatic rings. The smallest absolute Gasteiger partial charge is 0.259 e. The van der Waals surface area contributed by atoms with Gasteiger partial charge in [-0.15, -0.1) is 0 Å². The van der Waals surface area contributed by atoms with Crippen LogP contribution in [0.4, 0.5) is 11.4 Å². The number of nitrogens with two attached hydrogens (primary N) is 1. The second-order valence-electron chi connectivity index (χ2n) is 6.64. The van der Waals surface area contributed by atoms with Crippen molar-refractivity contribution >= 4 is 34.0 Å². The summed E-state index contributed by atoms with van der Waals surface area (Å²) in [5.41, 5.74) is 7.86. The molecule has 0 fully saturated rings. The highest BCUT2D eigenvalue weighted by molar-refractivity contribution is 6.11. The normalized spacial score (nSPS) is 11.6. The number of amides is 2. The first kappa shape index (κ1) is 20.7. The van der Waals surface area contributed by atoms with E-state index >= 15 is 0 Å². The molecular weight excluding hydrogens is 378 g/mol. The van der Waals surface area contributed by atoms with Gasteiger partial charge in [-0.3, -0.25) is 9.59 Å². The zero-order valence-electron chi connectivity index (χ0n) is 16.8. The second-order valence-corrected chi connectivity index (χ2v) is 6.64. The first-order valence-electron chi connectivity index (χ1n) is 9.46. The van der Waals surface area contributed by atoms with E-state index in [1.54, 1.807) is 55.5 Å². The number of nitrogen functional groups attached to an aromatic ring is 1. The van der Waals surface area contributed by atoms with E-state index in [9.17, 15) is 14.7 Å². The fourth-order valence-corrected chi connectivity index (χ4v) is 3.05. The van der Waals surface area contributed by atoms with E-state index in [-0.39, 0.29) is 22.9 Å². The number of aromatic hydroxyl groups is 1. The number of hydrogen-bond acceptors (Lipinski definition) is 4. The highest BCUT2D eigenvalue weighted by Crippen LogP contribution is 2.34. The van der Waals surface area contributed by atoms with Gasteiger partial charge < -0.3 is 21.5 Å². The summed E-state index contributed by atoms with van der Waals surface area (Å²) in [5.74, 6) is -1.08. The van der Waals surface area contributed by atoms with Gasteiger partial charge in [-0.25, -0.2) is 0 Å². The lowest BCUT2D eigenvalue weighted by Crippen LogP contribution is -2.22. The van der Waals surface area contributed by atoms with Gasteiger partial charge in [0.05, 0.1) is 11.3 Å². The van der Waals surface area contributed by atoms with Crippen LogP contribution in [0, 0.1) is 0 Å². The maximum atomic E-state index is 12.7. The van der Waals surface area contributed by atoms with Crippen LogP contribution in [0.5, 0.6) is 5.75 Å². The Labute approximate surface area is 174 Å². The minimum atomic E-state index is -0.494. The van der Waals surface area contributed by atoms with Crippen LogP contribution in [-0.4, -0.2) is 16.9 Å². The summed E-state index contributed by atoms with van der Waals surface area (Å²) in [7, 11) is 0. The van der Waals surface area contributed by atoms with Gasteiger partial charge in [0.25, 0.3) is 11.8 Å². The van der Waals surface area contributed by atoms with Gasteiger partial charge in [0, 0.05) is 22.3 Å². The lowest BCUT2D eigenvalue weighted by Gasteiger charge is -2.13. The molecule has 0 spiro atoms. The van der Waals surface area contributed by atoms with Crippen LogP contribution < -0.4 is 16.4 Å². The summed E-state index contributed by atoms with van der Waals surface area (Å²) < 4.78 is 0. The second kappa shape index (κ2) is 8.96. The number of phenolic OH excluding ortho intramolecular Hbond substituents is 1. The number of fused-ring (bicyclic) bond motifs is 1. The van der Waals surface area contributed by atoms with Gasteiger partial charge in [0.2, 0.25) is 0 Å². The summed E-state index contributed by atoms with van der Waals surface area (Å²) >= 11 is 0. The van der Waals surface area contributed by atoms with Crippen LogP contribution in [0.25, 0.3) is 10.8 Å². The lowest BCUT2D eigenvalue weighted by molar-refractivity contribution is 0.0963. The molecule has 0 heterocycles. The average Bonchev–Trinajstić information content (AvgIpc) is 2.76. The molecule has 0 saturated carbocycles. The molecule has 3 aromatic carbocycles. The highest BCUT2D eigenvalue weighted by atomic mass is 16.3. The zero-order valence-corrected chi connectivity index (χ0v) is 16.8. The predicted molar refractivity (Wildman–Crippen MR) is 120 cm³/mol. The van der Waals surface area contributed by atoms with Crippen LogP contribution >= 0.6 is 0 Å². The average molecular weight is 401 g/mol. The molecule has 0 unspecified atom stereocenters. The number of carbonyl (C=O) groups excluding carboxylic acids is 2. The van der Waals surface area contributed by atoms with E-state index in [4.69, 9.17) is 5.73 Å². The summed E-state index contributed by atoms with van der Waals surface area (Å²) in [6.07, 6.45) is 5.28. The number of rotatable bonds is 5. The monoisotopic (exact) mass is 401 g/mol. The SMILES string of the molecule is C/C=C\C(=C/C)NC(=O)c1cc2cc(C(=O)Nc3ccccc3)ccc2c(N)c1O. The van der Waals surface area contributed by atoms with Crippen molar-refractivity contribution in [3.8, 4) is 5.75 Å². The standard InChI is InChI=1S/C24H23N3O3/c1-3-8-17(4-2)26-24(30)20-14-16-13-15(11-12-19(16)21(25)22(20)28)23(29)27-18-9-6-5-7-10-18/h3-14,28H,25H2,1-2H3,(H,26,30)(H,27,29)/b8-3-,17-4+. The van der Waals surface area contributed by atoms with Gasteiger partial charge in [-0.05, 0) is 55.6 Å². The van der Waals surface area contributed by atoms with E-state index in [0.29, 0.717) is 27.7 Å². The number of para-hydroxylation sites is 1. The number of benzene rings is 3. The Morgan fingerprint density at radius 1 is 1.00 bits per heavy atom. The Morgan fingerprint density at radius 3 is 2.40 bits per heavy atom. The van der Waals surface area contributed by atoms with Crippen LogP contribution in [0.15, 0.2) is 78.5 Å². The lowest BCUT2D eigenvalue weighted by atomic mass is 10.0. The maximum Gasteiger partial charge on any atom is 0.259 e. The molecule has 6 nitrogen and oxygen atoms in total. The van der Waals surface area contributed by atoms with Gasteiger partial charge in [0.1, 0.15) is 0 Å². The van der Waals surface area contributed by atoms with E-state index in [0.717, 1.165) is 0 Å². The molecule has 5 N–H and O–H groups in total. The molecule has 30 heavy (non-hydrogen) atoms. The molecule has 0 aromatic heterocycles. The van der Waals surface area contributed by atoms with E-state index in [1.165, 1.54) is 6.07 Å². The molecule has 0 saturated heterocycles. The molecule has 2 amide bonds. The summed E-state index contributed by atoms with van der Waals surface area (Å²) in [5, 5.41) is 17.1. The van der Waals surface area contributed by atoms with Crippen LogP contribution in [0.2, 0.25) is 0 Å². The summed E-state index contributed by atoms with van der Waals surface area (Å²) in [4.78, 5) is 25.3. The third kappa shape index (κ3) is 4.33. The molecule has 0 radical (unpaired) electrons. The quantitative estimate of drug-likeness (QED) is 0.285. The first-order valence-corrected chi connectivity index (χ1v) is 9.46. The van der Waals surface area contributed by atoms with Crippen molar-refractivity contribution in [2.45, 2.75) is 13.8 Å². The van der Waals surface area contributed by atoms with Crippen LogP contribution in [0.1, 0.15) is 34.6 Å². The van der Waals surface area contributed by atoms with Crippen molar-refractivity contribution in [2.24, 2.45) is 0 Å². The molecule has 0 aliphatic heterocycles. The number of allylic oxidation sites excluding steroid dienone is 3. The highest BCUT2D eigenvalue weighted by Gasteiger charge is 2.18. The molecule has 0 atom stereocenters. The minimum absolute atomic E-state index is 0.0319. The number of nitrogens with one attached hydrogen (secondary N) is 2. The molecule has 3 rings (SSSR count). The molecule has 0 aliphatic rings. The van der Waals surface area contributed by atoms with E-state index < -0.39 is 5.91 Å². The first-order chi connectivity index (χ1) is 14.4. The topological polar surface area (TPSA) is 104 Å². The predicted octanol–water partition coefficient (Wildman–Crippen LogP) is 4.59. The maximum absolute atomic E-state index is 12.7. The summed E-state index contributed by atoms with van der Waals surface area (Å²) in [6, 6.07) is 15.6. The Bertz CT molecular complexity index is 1170. The Morgan fingerprint density at radius 2 is 1.73 bits per heavy atom. The Balaban J connectivity index is 1.97. The van der Waals surface area contributed by atoms with Crippen molar-refractivity contribution in [3.05, 3.63) is 89.6 Å². The number of carbonyl (C=O) groups is 2. The van der Waals surface area contributed by atoms with Gasteiger partial charge in [-0.2, -0.15) is 0 Å². The Hall–Kier alpha value is -4.06. The molecular formula is C24H23N3O3. The zero-order chi connectivity index (χ0) is 21.7. The molecule has 0 bridgehead atoms. The largest absolute Gasteiger partial charge is 0.505 e. The molecule has 0 aliphatic carbocycles. The number of anilines is 2. The number of phenols is 1. The van der Waals surface area contributed by atoms with Crippen molar-refractivity contribution in [3.63, 3.8) is 0 Å². The van der Waals surface area contributed by atoms with E-state index in [2.05, 4.69) is 10.6 Å². The van der Waals surface area contributed by atoms with E-state index in [1.807, 2.05) is 25.1 Å². The van der Waals surface area contributed by atoms with Crippen molar-refractivity contribution in [1.29, 1.82) is 0 Å². The van der Waals surface area contributed by atoms with Gasteiger partial charge in [-0.1, -0.05) is 36.4 Å². The molecule has 152 valence electrons. The van der Waals surface area contributed by atoms with Gasteiger partial charge >= 0.3 is 0 Å². The third-order valence-corrected chi connectivity index (χ3v) is 4.61. The Kier molecular flexibility index (Phi) is 6.17. The van der Waals surface area contributed by atoms with Crippen molar-refractivity contribution in [1.82, 2.24) is 5.32 Å². The minimum Gasteiger partial charge on any atom is -0.505 e. The summed E-state index contributed by atoms with van der Waals surface area (Å²) in [6.45, 7) is 3.63. The number of hydrogen-bond donors (Lipinski definition) is 4. The van der Waals surface area contributed by atoms with Crippen molar-refractivity contribution < 1.29 is 14.7 Å². The van der Waals surface area contributed by atoms with Crippen LogP contribution in [-0.2, 0) is 0 Å². The van der Waals surface area contributed by atoms with Crippen molar-refractivity contribution in [2.75, 3.05) is 11.1 Å². The van der Waals surface area contributed by atoms with Gasteiger partial charge in [0.15, 0.2) is 5.75 Å². The third-order valence-electron chi connectivity index (χ3n) is 4.61. The fraction of sp³-hybridized carbons (Fsp3) is 0.0833. The fourth-order valence-electron chi connectivity index (χ4n) is 3.05.